The average Bonchev–Trinajstić information content (AvgIpc) is 2.21. The van der Waals surface area contributed by atoms with Gasteiger partial charge in [0.25, 0.3) is 0 Å². The summed E-state index contributed by atoms with van der Waals surface area (Å²) in [4.78, 5) is 10.8. The third kappa shape index (κ3) is 2.52. The molecule has 6 nitrogen and oxygen atoms in total. The van der Waals surface area contributed by atoms with Gasteiger partial charge in [-0.15, -0.1) is 0 Å². The number of ether oxygens (including phenoxy) is 2. The van der Waals surface area contributed by atoms with Crippen LogP contribution < -0.4 is 0 Å². The molecule has 0 aliphatic carbocycles. The SMILES string of the molecule is COC(C)(C)[C@@H]1O[C@H](C(=O)O)C[C@H](O)[C@@H]1O. The molecule has 0 radical (unpaired) electrons. The van der Waals surface area contributed by atoms with Gasteiger partial charge in [-0.25, -0.2) is 4.79 Å². The molecule has 0 amide bonds. The molecule has 1 aliphatic rings. The molecule has 1 fully saturated rings. The lowest BCUT2D eigenvalue weighted by Gasteiger charge is -2.42. The minimum atomic E-state index is -1.15. The van der Waals surface area contributed by atoms with Crippen LogP contribution in [0.1, 0.15) is 20.3 Å². The molecule has 0 unspecified atom stereocenters. The summed E-state index contributed by atoms with van der Waals surface area (Å²) in [5.41, 5.74) is -0.867. The molecule has 0 spiro atoms. The lowest BCUT2D eigenvalue weighted by Crippen LogP contribution is -2.58. The van der Waals surface area contributed by atoms with Crippen molar-refractivity contribution in [3.63, 3.8) is 0 Å². The van der Waals surface area contributed by atoms with Gasteiger partial charge in [0.2, 0.25) is 0 Å². The zero-order chi connectivity index (χ0) is 12.5. The highest BCUT2D eigenvalue weighted by Crippen LogP contribution is 2.29. The summed E-state index contributed by atoms with van der Waals surface area (Å²) in [6, 6.07) is 0. The van der Waals surface area contributed by atoms with Gasteiger partial charge in [0.05, 0.1) is 11.7 Å². The van der Waals surface area contributed by atoms with Crippen molar-refractivity contribution in [1.29, 1.82) is 0 Å². The van der Waals surface area contributed by atoms with Gasteiger partial charge >= 0.3 is 5.97 Å². The fourth-order valence-electron chi connectivity index (χ4n) is 1.72. The number of methoxy groups -OCH3 is 1. The normalized spacial score (nSPS) is 36.1. The third-order valence-electron chi connectivity index (χ3n) is 2.96. The van der Waals surface area contributed by atoms with Gasteiger partial charge in [0.1, 0.15) is 12.2 Å². The van der Waals surface area contributed by atoms with Gasteiger partial charge in [-0.2, -0.15) is 0 Å². The number of carbonyl (C=O) groups is 1. The van der Waals surface area contributed by atoms with Crippen LogP contribution in [0, 0.1) is 0 Å². The summed E-state index contributed by atoms with van der Waals surface area (Å²) < 4.78 is 10.4. The van der Waals surface area contributed by atoms with Crippen LogP contribution in [0.5, 0.6) is 0 Å². The maximum atomic E-state index is 10.8. The van der Waals surface area contributed by atoms with Gasteiger partial charge in [0, 0.05) is 13.5 Å². The lowest BCUT2D eigenvalue weighted by atomic mass is 9.88. The van der Waals surface area contributed by atoms with E-state index in [4.69, 9.17) is 14.6 Å². The second kappa shape index (κ2) is 4.67. The van der Waals surface area contributed by atoms with Crippen LogP contribution in [0.15, 0.2) is 0 Å². The Bertz CT molecular complexity index is 264. The van der Waals surface area contributed by atoms with Crippen molar-refractivity contribution in [2.45, 2.75) is 50.3 Å². The van der Waals surface area contributed by atoms with E-state index in [9.17, 15) is 15.0 Å². The molecule has 1 heterocycles. The smallest absolute Gasteiger partial charge is 0.332 e. The summed E-state index contributed by atoms with van der Waals surface area (Å²) >= 11 is 0. The van der Waals surface area contributed by atoms with E-state index in [0.29, 0.717) is 0 Å². The van der Waals surface area contributed by atoms with Crippen LogP contribution in [0.4, 0.5) is 0 Å². The number of aliphatic hydroxyl groups is 2. The molecule has 1 rings (SSSR count). The quantitative estimate of drug-likeness (QED) is 0.602. The summed E-state index contributed by atoms with van der Waals surface area (Å²) in [5.74, 6) is -1.15. The van der Waals surface area contributed by atoms with Gasteiger partial charge in [-0.05, 0) is 13.8 Å². The first-order chi connectivity index (χ1) is 7.29. The number of hydrogen-bond acceptors (Lipinski definition) is 5. The number of carboxylic acids is 1. The van der Waals surface area contributed by atoms with Gasteiger partial charge in [-0.3, -0.25) is 0 Å². The van der Waals surface area contributed by atoms with Crippen LogP contribution in [0.2, 0.25) is 0 Å². The summed E-state index contributed by atoms with van der Waals surface area (Å²) in [6.07, 6.45) is -4.37. The molecular weight excluding hydrogens is 216 g/mol. The molecule has 0 aromatic carbocycles. The van der Waals surface area contributed by atoms with Gasteiger partial charge < -0.3 is 24.8 Å². The number of carboxylic acid groups (broad SMARTS) is 1. The van der Waals surface area contributed by atoms with Gasteiger partial charge in [-0.1, -0.05) is 0 Å². The van der Waals surface area contributed by atoms with Crippen molar-refractivity contribution in [2.75, 3.05) is 7.11 Å². The molecule has 0 bridgehead atoms. The van der Waals surface area contributed by atoms with Crippen molar-refractivity contribution >= 4 is 5.97 Å². The molecule has 1 aliphatic heterocycles. The number of hydrogen-bond donors (Lipinski definition) is 3. The molecule has 0 saturated carbocycles. The number of rotatable bonds is 3. The van der Waals surface area contributed by atoms with E-state index < -0.39 is 36.0 Å². The van der Waals surface area contributed by atoms with Crippen LogP contribution in [0.25, 0.3) is 0 Å². The van der Waals surface area contributed by atoms with Crippen molar-refractivity contribution < 1.29 is 29.6 Å². The second-order valence-corrected chi connectivity index (χ2v) is 4.48. The molecule has 16 heavy (non-hydrogen) atoms. The summed E-state index contributed by atoms with van der Waals surface area (Å²) in [5, 5.41) is 28.2. The van der Waals surface area contributed by atoms with Crippen LogP contribution >= 0.6 is 0 Å². The second-order valence-electron chi connectivity index (χ2n) is 4.48. The largest absolute Gasteiger partial charge is 0.479 e. The van der Waals surface area contributed by atoms with E-state index in [1.165, 1.54) is 7.11 Å². The standard InChI is InChI=1S/C10H18O6/c1-10(2,15-3)8-7(12)5(11)4-6(16-8)9(13)14/h5-8,11-12H,4H2,1-3H3,(H,13,14)/t5-,6-,7-,8+/m0/s1. The first-order valence-electron chi connectivity index (χ1n) is 5.09. The molecule has 94 valence electrons. The van der Waals surface area contributed by atoms with E-state index in [-0.39, 0.29) is 6.42 Å². The van der Waals surface area contributed by atoms with Crippen LogP contribution in [-0.4, -0.2) is 58.4 Å². The monoisotopic (exact) mass is 234 g/mol. The molecule has 0 aromatic heterocycles. The Morgan fingerprint density at radius 1 is 1.44 bits per heavy atom. The predicted octanol–water partition coefficient (Wildman–Crippen LogP) is -0.625. The van der Waals surface area contributed by atoms with E-state index in [1.54, 1.807) is 13.8 Å². The number of aliphatic carboxylic acids is 1. The molecule has 1 saturated heterocycles. The highest BCUT2D eigenvalue weighted by molar-refractivity contribution is 5.72. The minimum Gasteiger partial charge on any atom is -0.479 e. The topological polar surface area (TPSA) is 96.2 Å². The van der Waals surface area contributed by atoms with Crippen LogP contribution in [0.3, 0.4) is 0 Å². The Morgan fingerprint density at radius 2 is 2.00 bits per heavy atom. The van der Waals surface area contributed by atoms with Crippen molar-refractivity contribution in [2.24, 2.45) is 0 Å². The average molecular weight is 234 g/mol. The fourth-order valence-corrected chi connectivity index (χ4v) is 1.72. The zero-order valence-electron chi connectivity index (χ0n) is 9.58. The molecular formula is C10H18O6. The Kier molecular flexibility index (Phi) is 3.90. The van der Waals surface area contributed by atoms with Crippen molar-refractivity contribution in [3.8, 4) is 0 Å². The minimum absolute atomic E-state index is 0.118. The summed E-state index contributed by atoms with van der Waals surface area (Å²) in [7, 11) is 1.44. The Hall–Kier alpha value is -0.690. The van der Waals surface area contributed by atoms with E-state index >= 15 is 0 Å². The van der Waals surface area contributed by atoms with Crippen LogP contribution in [-0.2, 0) is 14.3 Å². The Balaban J connectivity index is 2.86. The highest BCUT2D eigenvalue weighted by atomic mass is 16.6. The first-order valence-corrected chi connectivity index (χ1v) is 5.09. The molecule has 6 heteroatoms. The van der Waals surface area contributed by atoms with E-state index in [0.717, 1.165) is 0 Å². The predicted molar refractivity (Wildman–Crippen MR) is 54.0 cm³/mol. The molecule has 3 N–H and O–H groups in total. The Morgan fingerprint density at radius 3 is 2.44 bits per heavy atom. The van der Waals surface area contributed by atoms with Crippen molar-refractivity contribution in [1.82, 2.24) is 0 Å². The third-order valence-corrected chi connectivity index (χ3v) is 2.96. The molecule has 4 atom stereocenters. The maximum Gasteiger partial charge on any atom is 0.332 e. The van der Waals surface area contributed by atoms with E-state index in [1.807, 2.05) is 0 Å². The first kappa shape index (κ1) is 13.4. The van der Waals surface area contributed by atoms with Gasteiger partial charge in [0.15, 0.2) is 6.10 Å². The fraction of sp³-hybridized carbons (Fsp3) is 0.900. The van der Waals surface area contributed by atoms with E-state index in [2.05, 4.69) is 0 Å². The van der Waals surface area contributed by atoms with Crippen molar-refractivity contribution in [3.05, 3.63) is 0 Å². The lowest BCUT2D eigenvalue weighted by molar-refractivity contribution is -0.231. The summed E-state index contributed by atoms with van der Waals surface area (Å²) in [6.45, 7) is 3.33. The molecule has 0 aromatic rings. The maximum absolute atomic E-state index is 10.8. The highest BCUT2D eigenvalue weighted by Gasteiger charge is 2.46. The Labute approximate surface area is 93.8 Å². The number of aliphatic hydroxyl groups excluding tert-OH is 2. The zero-order valence-corrected chi connectivity index (χ0v) is 9.58.